The Balaban J connectivity index is 2.00. The molecule has 0 aromatic carbocycles. The average Bonchev–Trinajstić information content (AvgIpc) is 2.81. The summed E-state index contributed by atoms with van der Waals surface area (Å²) in [6, 6.07) is 1.93. The molecule has 80 valence electrons. The molecule has 0 radical (unpaired) electrons. The first-order valence-electron chi connectivity index (χ1n) is 5.43. The van der Waals surface area contributed by atoms with Gasteiger partial charge in [0.05, 0.1) is 12.7 Å². The normalized spacial score (nSPS) is 30.8. The molecule has 2 aliphatic rings. The molecule has 3 heteroatoms. The standard InChI is InChI=1S/C12H15NO2/c1-6(2)8-10-9-7(15-11(8)10)4-5-13-12(9)14-3/h4-6,8,10-11H,1-3H3. The largest absolute Gasteiger partial charge is 0.489 e. The fourth-order valence-corrected chi connectivity index (χ4v) is 2.76. The molecule has 0 amide bonds. The maximum absolute atomic E-state index is 5.88. The van der Waals surface area contributed by atoms with E-state index in [-0.39, 0.29) is 0 Å². The topological polar surface area (TPSA) is 31.4 Å². The predicted molar refractivity (Wildman–Crippen MR) is 56.3 cm³/mol. The maximum atomic E-state index is 5.88. The van der Waals surface area contributed by atoms with Gasteiger partial charge in [0.15, 0.2) is 0 Å². The highest BCUT2D eigenvalue weighted by Crippen LogP contribution is 2.62. The van der Waals surface area contributed by atoms with Gasteiger partial charge < -0.3 is 9.47 Å². The van der Waals surface area contributed by atoms with Crippen LogP contribution in [0.15, 0.2) is 12.3 Å². The number of hydrogen-bond donors (Lipinski definition) is 0. The minimum Gasteiger partial charge on any atom is -0.489 e. The molecule has 2 heterocycles. The molecule has 1 aliphatic carbocycles. The van der Waals surface area contributed by atoms with Crippen molar-refractivity contribution < 1.29 is 9.47 Å². The van der Waals surface area contributed by atoms with E-state index in [1.54, 1.807) is 13.3 Å². The fraction of sp³-hybridized carbons (Fsp3) is 0.583. The summed E-state index contributed by atoms with van der Waals surface area (Å²) in [5.74, 6) is 3.54. The zero-order valence-electron chi connectivity index (χ0n) is 9.23. The Bertz CT molecular complexity index is 403. The van der Waals surface area contributed by atoms with Crippen molar-refractivity contribution in [2.75, 3.05) is 7.11 Å². The number of pyridine rings is 1. The number of aromatic nitrogens is 1. The summed E-state index contributed by atoms with van der Waals surface area (Å²) in [4.78, 5) is 4.24. The van der Waals surface area contributed by atoms with Gasteiger partial charge in [-0.15, -0.1) is 0 Å². The van der Waals surface area contributed by atoms with Crippen LogP contribution < -0.4 is 9.47 Å². The van der Waals surface area contributed by atoms with E-state index in [4.69, 9.17) is 9.47 Å². The lowest BCUT2D eigenvalue weighted by molar-refractivity contribution is 0.276. The molecule has 0 N–H and O–H groups in total. The number of rotatable bonds is 2. The Morgan fingerprint density at radius 2 is 2.27 bits per heavy atom. The fourth-order valence-electron chi connectivity index (χ4n) is 2.76. The highest BCUT2D eigenvalue weighted by atomic mass is 16.5. The maximum Gasteiger partial charge on any atom is 0.220 e. The van der Waals surface area contributed by atoms with Gasteiger partial charge in [0.2, 0.25) is 5.88 Å². The second kappa shape index (κ2) is 2.87. The number of ether oxygens (including phenoxy) is 2. The SMILES string of the molecule is COc1nccc2c1C1C(O2)C1C(C)C. The number of fused-ring (bicyclic) bond motifs is 3. The third kappa shape index (κ3) is 1.09. The van der Waals surface area contributed by atoms with Crippen LogP contribution in [-0.2, 0) is 0 Å². The summed E-state index contributed by atoms with van der Waals surface area (Å²) in [6.45, 7) is 4.49. The summed E-state index contributed by atoms with van der Waals surface area (Å²) in [5.41, 5.74) is 1.18. The Hall–Kier alpha value is -1.25. The van der Waals surface area contributed by atoms with Crippen LogP contribution in [0.3, 0.4) is 0 Å². The smallest absolute Gasteiger partial charge is 0.220 e. The van der Waals surface area contributed by atoms with Crippen LogP contribution >= 0.6 is 0 Å². The number of hydrogen-bond acceptors (Lipinski definition) is 3. The van der Waals surface area contributed by atoms with Crippen LogP contribution in [0.4, 0.5) is 0 Å². The van der Waals surface area contributed by atoms with Crippen molar-refractivity contribution in [2.45, 2.75) is 25.9 Å². The van der Waals surface area contributed by atoms with E-state index < -0.39 is 0 Å². The van der Waals surface area contributed by atoms with Crippen molar-refractivity contribution in [3.63, 3.8) is 0 Å². The molecule has 1 aromatic heterocycles. The summed E-state index contributed by atoms with van der Waals surface area (Å²) in [7, 11) is 1.67. The van der Waals surface area contributed by atoms with Crippen molar-refractivity contribution in [1.29, 1.82) is 0 Å². The van der Waals surface area contributed by atoms with Crippen LogP contribution in [0.2, 0.25) is 0 Å². The van der Waals surface area contributed by atoms with Gasteiger partial charge in [-0.25, -0.2) is 4.98 Å². The molecular formula is C12H15NO2. The van der Waals surface area contributed by atoms with Crippen molar-refractivity contribution >= 4 is 0 Å². The average molecular weight is 205 g/mol. The highest BCUT2D eigenvalue weighted by Gasteiger charge is 2.61. The van der Waals surface area contributed by atoms with E-state index >= 15 is 0 Å². The van der Waals surface area contributed by atoms with Gasteiger partial charge in [0.1, 0.15) is 11.9 Å². The number of methoxy groups -OCH3 is 1. The Morgan fingerprint density at radius 3 is 2.93 bits per heavy atom. The predicted octanol–water partition coefficient (Wildman–Crippen LogP) is 2.22. The molecule has 1 fully saturated rings. The van der Waals surface area contributed by atoms with Crippen molar-refractivity contribution in [1.82, 2.24) is 4.98 Å². The molecule has 3 atom stereocenters. The summed E-state index contributed by atoms with van der Waals surface area (Å²) in [6.07, 6.45) is 2.12. The van der Waals surface area contributed by atoms with E-state index in [9.17, 15) is 0 Å². The molecular weight excluding hydrogens is 190 g/mol. The minimum absolute atomic E-state index is 0.373. The van der Waals surface area contributed by atoms with E-state index in [1.165, 1.54) is 5.56 Å². The Labute approximate surface area is 89.4 Å². The first-order chi connectivity index (χ1) is 7.24. The second-order valence-corrected chi connectivity index (χ2v) is 4.66. The molecule has 3 unspecified atom stereocenters. The summed E-state index contributed by atoms with van der Waals surface area (Å²) in [5, 5.41) is 0. The van der Waals surface area contributed by atoms with Crippen LogP contribution in [0.1, 0.15) is 25.3 Å². The van der Waals surface area contributed by atoms with Crippen molar-refractivity contribution in [3.05, 3.63) is 17.8 Å². The molecule has 3 rings (SSSR count). The van der Waals surface area contributed by atoms with Gasteiger partial charge >= 0.3 is 0 Å². The van der Waals surface area contributed by atoms with E-state index in [2.05, 4.69) is 18.8 Å². The minimum atomic E-state index is 0.373. The summed E-state index contributed by atoms with van der Waals surface area (Å²) < 4.78 is 11.2. The van der Waals surface area contributed by atoms with Crippen molar-refractivity contribution in [2.24, 2.45) is 11.8 Å². The van der Waals surface area contributed by atoms with Gasteiger partial charge in [-0.3, -0.25) is 0 Å². The van der Waals surface area contributed by atoms with E-state index in [0.717, 1.165) is 11.6 Å². The first kappa shape index (κ1) is 9.01. The third-order valence-corrected chi connectivity index (χ3v) is 3.48. The molecule has 0 bridgehead atoms. The van der Waals surface area contributed by atoms with Gasteiger partial charge in [0, 0.05) is 18.0 Å². The zero-order chi connectivity index (χ0) is 10.6. The molecule has 15 heavy (non-hydrogen) atoms. The van der Waals surface area contributed by atoms with Gasteiger partial charge in [-0.2, -0.15) is 0 Å². The Kier molecular flexibility index (Phi) is 1.73. The van der Waals surface area contributed by atoms with Crippen LogP contribution in [0.5, 0.6) is 11.6 Å². The van der Waals surface area contributed by atoms with E-state index in [0.29, 0.717) is 23.9 Å². The molecule has 3 nitrogen and oxygen atoms in total. The van der Waals surface area contributed by atoms with Crippen LogP contribution in [-0.4, -0.2) is 18.2 Å². The van der Waals surface area contributed by atoms with Crippen molar-refractivity contribution in [3.8, 4) is 11.6 Å². The molecule has 1 saturated carbocycles. The quantitative estimate of drug-likeness (QED) is 0.741. The molecule has 1 aromatic rings. The van der Waals surface area contributed by atoms with E-state index in [1.807, 2.05) is 6.07 Å². The van der Waals surface area contributed by atoms with Gasteiger partial charge in [-0.05, 0) is 12.0 Å². The molecule has 0 saturated heterocycles. The van der Waals surface area contributed by atoms with Crippen LogP contribution in [0.25, 0.3) is 0 Å². The lowest BCUT2D eigenvalue weighted by Gasteiger charge is -2.12. The molecule has 1 aliphatic heterocycles. The second-order valence-electron chi connectivity index (χ2n) is 4.66. The summed E-state index contributed by atoms with van der Waals surface area (Å²) >= 11 is 0. The highest BCUT2D eigenvalue weighted by molar-refractivity contribution is 5.52. The lowest BCUT2D eigenvalue weighted by Crippen LogP contribution is -2.05. The lowest BCUT2D eigenvalue weighted by atomic mass is 10.0. The third-order valence-electron chi connectivity index (χ3n) is 3.48. The van der Waals surface area contributed by atoms with Gasteiger partial charge in [0.25, 0.3) is 0 Å². The van der Waals surface area contributed by atoms with Crippen LogP contribution in [0, 0.1) is 11.8 Å². The molecule has 0 spiro atoms. The van der Waals surface area contributed by atoms with Gasteiger partial charge in [-0.1, -0.05) is 13.8 Å². The number of nitrogens with zero attached hydrogens (tertiary/aromatic N) is 1. The first-order valence-corrected chi connectivity index (χ1v) is 5.43. The monoisotopic (exact) mass is 205 g/mol. The Morgan fingerprint density at radius 1 is 1.47 bits per heavy atom. The zero-order valence-corrected chi connectivity index (χ0v) is 9.23.